The van der Waals surface area contributed by atoms with Crippen LogP contribution in [-0.2, 0) is 6.54 Å². The molecular formula is C14H17ClN2O2. The van der Waals surface area contributed by atoms with Crippen LogP contribution in [0.3, 0.4) is 0 Å². The number of aliphatic hydroxyl groups is 2. The van der Waals surface area contributed by atoms with Crippen molar-refractivity contribution in [2.45, 2.75) is 19.1 Å². The second-order valence-electron chi connectivity index (χ2n) is 4.86. The van der Waals surface area contributed by atoms with Crippen LogP contribution in [0, 0.1) is 0 Å². The third kappa shape index (κ3) is 3.42. The molecule has 0 aliphatic heterocycles. The van der Waals surface area contributed by atoms with Gasteiger partial charge in [-0.2, -0.15) is 0 Å². The van der Waals surface area contributed by atoms with Crippen molar-refractivity contribution in [3.05, 3.63) is 41.0 Å². The highest BCUT2D eigenvalue weighted by molar-refractivity contribution is 6.35. The third-order valence-electron chi connectivity index (χ3n) is 2.96. The van der Waals surface area contributed by atoms with E-state index in [-0.39, 0.29) is 6.61 Å². The van der Waals surface area contributed by atoms with Crippen molar-refractivity contribution in [3.8, 4) is 0 Å². The van der Waals surface area contributed by atoms with Crippen molar-refractivity contribution in [2.75, 3.05) is 13.2 Å². The molecule has 0 bridgehead atoms. The first-order chi connectivity index (χ1) is 9.03. The highest BCUT2D eigenvalue weighted by Crippen LogP contribution is 2.24. The predicted molar refractivity (Wildman–Crippen MR) is 76.2 cm³/mol. The van der Waals surface area contributed by atoms with E-state index in [0.29, 0.717) is 18.1 Å². The van der Waals surface area contributed by atoms with E-state index in [4.69, 9.17) is 16.7 Å². The molecule has 102 valence electrons. The molecule has 2 aromatic rings. The lowest BCUT2D eigenvalue weighted by Gasteiger charge is -2.20. The van der Waals surface area contributed by atoms with Crippen LogP contribution < -0.4 is 5.32 Å². The second-order valence-corrected chi connectivity index (χ2v) is 5.27. The maximum atomic E-state index is 9.71. The van der Waals surface area contributed by atoms with Crippen molar-refractivity contribution >= 4 is 22.5 Å². The van der Waals surface area contributed by atoms with Gasteiger partial charge in [0.25, 0.3) is 0 Å². The normalized spacial score (nSPS) is 14.5. The number of benzene rings is 1. The highest BCUT2D eigenvalue weighted by atomic mass is 35.5. The summed E-state index contributed by atoms with van der Waals surface area (Å²) in [6, 6.07) is 7.53. The molecule has 0 saturated heterocycles. The van der Waals surface area contributed by atoms with E-state index in [9.17, 15) is 5.11 Å². The molecular weight excluding hydrogens is 264 g/mol. The summed E-state index contributed by atoms with van der Waals surface area (Å²) in [5.41, 5.74) is 0.746. The zero-order valence-electron chi connectivity index (χ0n) is 10.7. The maximum absolute atomic E-state index is 9.71. The molecule has 0 aliphatic rings. The van der Waals surface area contributed by atoms with E-state index in [1.807, 2.05) is 24.3 Å². The van der Waals surface area contributed by atoms with E-state index < -0.39 is 5.60 Å². The molecule has 1 aromatic carbocycles. The number of hydrogen-bond donors (Lipinski definition) is 3. The van der Waals surface area contributed by atoms with Gasteiger partial charge < -0.3 is 15.5 Å². The third-order valence-corrected chi connectivity index (χ3v) is 3.29. The van der Waals surface area contributed by atoms with Crippen molar-refractivity contribution in [2.24, 2.45) is 0 Å². The molecule has 1 atom stereocenters. The fourth-order valence-electron chi connectivity index (χ4n) is 1.86. The molecule has 19 heavy (non-hydrogen) atoms. The first-order valence-electron chi connectivity index (χ1n) is 6.09. The summed E-state index contributed by atoms with van der Waals surface area (Å²) in [6.07, 6.45) is 1.73. The molecule has 4 nitrogen and oxygen atoms in total. The van der Waals surface area contributed by atoms with Crippen LogP contribution in [0.4, 0.5) is 0 Å². The topological polar surface area (TPSA) is 65.4 Å². The lowest BCUT2D eigenvalue weighted by Crippen LogP contribution is -2.40. The molecule has 0 fully saturated rings. The Morgan fingerprint density at radius 3 is 2.89 bits per heavy atom. The molecule has 1 aromatic heterocycles. The summed E-state index contributed by atoms with van der Waals surface area (Å²) in [6.45, 7) is 2.17. The van der Waals surface area contributed by atoms with Gasteiger partial charge in [-0.3, -0.25) is 4.98 Å². The minimum Gasteiger partial charge on any atom is -0.393 e. The van der Waals surface area contributed by atoms with Gasteiger partial charge in [0.2, 0.25) is 0 Å². The Kier molecular flexibility index (Phi) is 4.37. The Balaban J connectivity index is 2.16. The molecule has 2 rings (SSSR count). The molecule has 0 saturated carbocycles. The van der Waals surface area contributed by atoms with Crippen LogP contribution in [0.2, 0.25) is 5.02 Å². The van der Waals surface area contributed by atoms with Crippen LogP contribution in [-0.4, -0.2) is 33.9 Å². The van der Waals surface area contributed by atoms with Crippen molar-refractivity contribution < 1.29 is 10.2 Å². The van der Waals surface area contributed by atoms with Crippen molar-refractivity contribution in [1.29, 1.82) is 0 Å². The van der Waals surface area contributed by atoms with E-state index in [2.05, 4.69) is 10.3 Å². The average Bonchev–Trinajstić information content (AvgIpc) is 2.42. The lowest BCUT2D eigenvalue weighted by molar-refractivity contribution is 0.00255. The molecule has 5 heteroatoms. The summed E-state index contributed by atoms with van der Waals surface area (Å²) in [5, 5.41) is 23.4. The summed E-state index contributed by atoms with van der Waals surface area (Å²) >= 11 is 6.12. The zero-order chi connectivity index (χ0) is 13.9. The molecule has 0 spiro atoms. The number of fused-ring (bicyclic) bond motifs is 1. The fourth-order valence-corrected chi connectivity index (χ4v) is 2.08. The van der Waals surface area contributed by atoms with Gasteiger partial charge in [-0.25, -0.2) is 0 Å². The van der Waals surface area contributed by atoms with Gasteiger partial charge in [-0.1, -0.05) is 17.7 Å². The molecule has 0 amide bonds. The van der Waals surface area contributed by atoms with Crippen LogP contribution in [0.5, 0.6) is 0 Å². The van der Waals surface area contributed by atoms with Crippen LogP contribution in [0.25, 0.3) is 10.9 Å². The van der Waals surface area contributed by atoms with Crippen LogP contribution >= 0.6 is 11.6 Å². The first kappa shape index (κ1) is 14.2. The Morgan fingerprint density at radius 2 is 2.16 bits per heavy atom. The van der Waals surface area contributed by atoms with Gasteiger partial charge in [-0.15, -0.1) is 0 Å². The number of hydrogen-bond acceptors (Lipinski definition) is 4. The Hall–Kier alpha value is -1.20. The van der Waals surface area contributed by atoms with E-state index in [1.165, 1.54) is 0 Å². The van der Waals surface area contributed by atoms with Gasteiger partial charge in [0.1, 0.15) is 0 Å². The van der Waals surface area contributed by atoms with Crippen LogP contribution in [0.1, 0.15) is 12.5 Å². The number of aromatic nitrogens is 1. The SMILES string of the molecule is CC(O)(CO)CNCc1ccc(Cl)c2cccnc12. The van der Waals surface area contributed by atoms with Gasteiger partial charge in [-0.05, 0) is 30.7 Å². The maximum Gasteiger partial charge on any atom is 0.0972 e. The van der Waals surface area contributed by atoms with Gasteiger partial charge in [0.05, 0.1) is 17.7 Å². The van der Waals surface area contributed by atoms with Crippen LogP contribution in [0.15, 0.2) is 30.5 Å². The van der Waals surface area contributed by atoms with Gasteiger partial charge in [0.15, 0.2) is 0 Å². The number of halogens is 1. The number of nitrogens with one attached hydrogen (secondary N) is 1. The minimum atomic E-state index is -1.12. The molecule has 1 heterocycles. The monoisotopic (exact) mass is 280 g/mol. The average molecular weight is 281 g/mol. The molecule has 1 unspecified atom stereocenters. The quantitative estimate of drug-likeness (QED) is 0.780. The summed E-state index contributed by atoms with van der Waals surface area (Å²) in [5.74, 6) is 0. The highest BCUT2D eigenvalue weighted by Gasteiger charge is 2.18. The number of pyridine rings is 1. The standard InChI is InChI=1S/C14H17ClN2O2/c1-14(19,9-18)8-16-7-10-4-5-12(15)11-3-2-6-17-13(10)11/h2-6,16,18-19H,7-9H2,1H3. The smallest absolute Gasteiger partial charge is 0.0972 e. The molecule has 3 N–H and O–H groups in total. The fraction of sp³-hybridized carbons (Fsp3) is 0.357. The predicted octanol–water partition coefficient (Wildman–Crippen LogP) is 1.72. The van der Waals surface area contributed by atoms with E-state index in [1.54, 1.807) is 13.1 Å². The number of aliphatic hydroxyl groups excluding tert-OH is 1. The number of rotatable bonds is 5. The number of nitrogens with zero attached hydrogens (tertiary/aromatic N) is 1. The van der Waals surface area contributed by atoms with Gasteiger partial charge >= 0.3 is 0 Å². The molecule has 0 aliphatic carbocycles. The van der Waals surface area contributed by atoms with E-state index in [0.717, 1.165) is 16.5 Å². The molecule has 0 radical (unpaired) electrons. The Labute approximate surface area is 117 Å². The van der Waals surface area contributed by atoms with Gasteiger partial charge in [0, 0.05) is 29.7 Å². The van der Waals surface area contributed by atoms with Crippen molar-refractivity contribution in [1.82, 2.24) is 10.3 Å². The summed E-state index contributed by atoms with van der Waals surface area (Å²) in [4.78, 5) is 4.34. The first-order valence-corrected chi connectivity index (χ1v) is 6.47. The second kappa shape index (κ2) is 5.84. The lowest BCUT2D eigenvalue weighted by atomic mass is 10.1. The zero-order valence-corrected chi connectivity index (χ0v) is 11.5. The summed E-state index contributed by atoms with van der Waals surface area (Å²) in [7, 11) is 0. The summed E-state index contributed by atoms with van der Waals surface area (Å²) < 4.78 is 0. The van der Waals surface area contributed by atoms with E-state index >= 15 is 0 Å². The minimum absolute atomic E-state index is 0.278. The van der Waals surface area contributed by atoms with Crippen molar-refractivity contribution in [3.63, 3.8) is 0 Å². The Bertz CT molecular complexity index is 572. The largest absolute Gasteiger partial charge is 0.393 e. The Morgan fingerprint density at radius 1 is 1.37 bits per heavy atom.